The number of rotatable bonds is 3. The Labute approximate surface area is 99.3 Å². The summed E-state index contributed by atoms with van der Waals surface area (Å²) in [5.41, 5.74) is 4.59. The molecule has 0 saturated carbocycles. The lowest BCUT2D eigenvalue weighted by Gasteiger charge is -2.31. The monoisotopic (exact) mass is 217 g/mol. The predicted molar refractivity (Wildman–Crippen MR) is 69.9 cm³/mol. The van der Waals surface area contributed by atoms with Gasteiger partial charge in [0.25, 0.3) is 0 Å². The SMILES string of the molecule is CCCC1NCC(C)c2ccc(CC)cc21. The Bertz CT molecular complexity index is 356. The molecule has 1 aliphatic rings. The number of nitrogens with one attached hydrogen (secondary N) is 1. The first-order valence-electron chi connectivity index (χ1n) is 6.62. The molecule has 0 aromatic heterocycles. The molecule has 1 heteroatoms. The van der Waals surface area contributed by atoms with Gasteiger partial charge in [-0.1, -0.05) is 45.4 Å². The molecule has 2 rings (SSSR count). The largest absolute Gasteiger partial charge is 0.309 e. The van der Waals surface area contributed by atoms with E-state index in [1.165, 1.54) is 18.4 Å². The molecule has 16 heavy (non-hydrogen) atoms. The van der Waals surface area contributed by atoms with Gasteiger partial charge in [0.1, 0.15) is 0 Å². The quantitative estimate of drug-likeness (QED) is 0.812. The number of fused-ring (bicyclic) bond motifs is 1. The van der Waals surface area contributed by atoms with Crippen molar-refractivity contribution >= 4 is 0 Å². The van der Waals surface area contributed by atoms with Gasteiger partial charge in [-0.25, -0.2) is 0 Å². The fourth-order valence-electron chi connectivity index (χ4n) is 2.68. The molecule has 1 aliphatic heterocycles. The molecule has 1 nitrogen and oxygen atoms in total. The Kier molecular flexibility index (Phi) is 3.65. The van der Waals surface area contributed by atoms with E-state index in [-0.39, 0.29) is 0 Å². The van der Waals surface area contributed by atoms with E-state index in [0.717, 1.165) is 13.0 Å². The molecule has 1 aromatic rings. The topological polar surface area (TPSA) is 12.0 Å². The highest BCUT2D eigenvalue weighted by atomic mass is 14.9. The van der Waals surface area contributed by atoms with Crippen LogP contribution < -0.4 is 5.32 Å². The van der Waals surface area contributed by atoms with E-state index < -0.39 is 0 Å². The average molecular weight is 217 g/mol. The van der Waals surface area contributed by atoms with Crippen LogP contribution >= 0.6 is 0 Å². The van der Waals surface area contributed by atoms with E-state index in [4.69, 9.17) is 0 Å². The van der Waals surface area contributed by atoms with Crippen molar-refractivity contribution in [3.8, 4) is 0 Å². The summed E-state index contributed by atoms with van der Waals surface area (Å²) in [5, 5.41) is 3.68. The Morgan fingerprint density at radius 1 is 1.25 bits per heavy atom. The zero-order chi connectivity index (χ0) is 11.5. The van der Waals surface area contributed by atoms with Crippen LogP contribution in [0.15, 0.2) is 18.2 Å². The average Bonchev–Trinajstić information content (AvgIpc) is 2.32. The van der Waals surface area contributed by atoms with E-state index in [1.54, 1.807) is 11.1 Å². The van der Waals surface area contributed by atoms with Crippen LogP contribution in [-0.2, 0) is 6.42 Å². The van der Waals surface area contributed by atoms with Crippen molar-refractivity contribution in [2.24, 2.45) is 0 Å². The van der Waals surface area contributed by atoms with Crippen LogP contribution in [0.1, 0.15) is 62.3 Å². The molecule has 88 valence electrons. The lowest BCUT2D eigenvalue weighted by molar-refractivity contribution is 0.441. The van der Waals surface area contributed by atoms with E-state index in [1.807, 2.05) is 0 Å². The molecule has 0 bridgehead atoms. The summed E-state index contributed by atoms with van der Waals surface area (Å²) in [4.78, 5) is 0. The minimum absolute atomic E-state index is 0.586. The maximum Gasteiger partial charge on any atom is 0.0323 e. The first-order chi connectivity index (χ1) is 7.76. The van der Waals surface area contributed by atoms with Crippen LogP contribution in [0.4, 0.5) is 0 Å². The summed E-state index contributed by atoms with van der Waals surface area (Å²) >= 11 is 0. The molecule has 0 spiro atoms. The third-order valence-electron chi connectivity index (χ3n) is 3.71. The smallest absolute Gasteiger partial charge is 0.0323 e. The van der Waals surface area contributed by atoms with Crippen LogP contribution in [0.25, 0.3) is 0 Å². The molecule has 1 N–H and O–H groups in total. The van der Waals surface area contributed by atoms with Crippen LogP contribution in [-0.4, -0.2) is 6.54 Å². The Morgan fingerprint density at radius 2 is 2.06 bits per heavy atom. The van der Waals surface area contributed by atoms with E-state index in [2.05, 4.69) is 44.3 Å². The fourth-order valence-corrected chi connectivity index (χ4v) is 2.68. The number of hydrogen-bond acceptors (Lipinski definition) is 1. The van der Waals surface area contributed by atoms with Crippen LogP contribution in [0.5, 0.6) is 0 Å². The fraction of sp³-hybridized carbons (Fsp3) is 0.600. The van der Waals surface area contributed by atoms with Gasteiger partial charge in [-0.15, -0.1) is 0 Å². The minimum atomic E-state index is 0.586. The molecular formula is C15H23N. The Morgan fingerprint density at radius 3 is 2.75 bits per heavy atom. The van der Waals surface area contributed by atoms with Gasteiger partial charge in [0.05, 0.1) is 0 Å². The Balaban J connectivity index is 2.36. The minimum Gasteiger partial charge on any atom is -0.309 e. The third kappa shape index (κ3) is 2.15. The second-order valence-corrected chi connectivity index (χ2v) is 4.97. The van der Waals surface area contributed by atoms with Gasteiger partial charge in [0.2, 0.25) is 0 Å². The summed E-state index contributed by atoms with van der Waals surface area (Å²) in [6, 6.07) is 7.65. The maximum atomic E-state index is 3.68. The van der Waals surface area contributed by atoms with Gasteiger partial charge in [-0.3, -0.25) is 0 Å². The van der Waals surface area contributed by atoms with Gasteiger partial charge < -0.3 is 5.32 Å². The molecule has 0 saturated heterocycles. The van der Waals surface area contributed by atoms with Crippen molar-refractivity contribution in [3.63, 3.8) is 0 Å². The van der Waals surface area contributed by atoms with Crippen molar-refractivity contribution in [1.29, 1.82) is 0 Å². The maximum absolute atomic E-state index is 3.68. The lowest BCUT2D eigenvalue weighted by Crippen LogP contribution is -2.32. The summed E-state index contributed by atoms with van der Waals surface area (Å²) in [6.45, 7) is 7.95. The van der Waals surface area contributed by atoms with Crippen molar-refractivity contribution < 1.29 is 0 Å². The number of benzene rings is 1. The molecule has 2 atom stereocenters. The van der Waals surface area contributed by atoms with Gasteiger partial charge in [-0.05, 0) is 35.4 Å². The van der Waals surface area contributed by atoms with Crippen molar-refractivity contribution in [1.82, 2.24) is 5.32 Å². The molecule has 1 aromatic carbocycles. The second-order valence-electron chi connectivity index (χ2n) is 4.97. The summed E-state index contributed by atoms with van der Waals surface area (Å²) in [7, 11) is 0. The van der Waals surface area contributed by atoms with Crippen LogP contribution in [0, 0.1) is 0 Å². The highest BCUT2D eigenvalue weighted by molar-refractivity contribution is 5.38. The normalized spacial score (nSPS) is 24.2. The van der Waals surface area contributed by atoms with Crippen LogP contribution in [0.3, 0.4) is 0 Å². The predicted octanol–water partition coefficient (Wildman–Crippen LogP) is 3.80. The van der Waals surface area contributed by atoms with Gasteiger partial charge >= 0.3 is 0 Å². The zero-order valence-electron chi connectivity index (χ0n) is 10.7. The second kappa shape index (κ2) is 5.01. The first-order valence-corrected chi connectivity index (χ1v) is 6.62. The third-order valence-corrected chi connectivity index (χ3v) is 3.71. The summed E-state index contributed by atoms with van der Waals surface area (Å²) < 4.78 is 0. The van der Waals surface area contributed by atoms with Crippen molar-refractivity contribution in [3.05, 3.63) is 34.9 Å². The van der Waals surface area contributed by atoms with E-state index >= 15 is 0 Å². The lowest BCUT2D eigenvalue weighted by atomic mass is 9.85. The van der Waals surface area contributed by atoms with Gasteiger partial charge in [0, 0.05) is 12.6 Å². The Hall–Kier alpha value is -0.820. The zero-order valence-corrected chi connectivity index (χ0v) is 10.7. The molecule has 2 unspecified atom stereocenters. The van der Waals surface area contributed by atoms with E-state index in [0.29, 0.717) is 12.0 Å². The summed E-state index contributed by atoms with van der Waals surface area (Å²) in [5.74, 6) is 0.661. The number of aryl methyl sites for hydroxylation is 1. The van der Waals surface area contributed by atoms with Gasteiger partial charge in [0.15, 0.2) is 0 Å². The first kappa shape index (κ1) is 11.7. The highest BCUT2D eigenvalue weighted by Gasteiger charge is 2.23. The molecule has 0 fully saturated rings. The molecule has 1 heterocycles. The van der Waals surface area contributed by atoms with Gasteiger partial charge in [-0.2, -0.15) is 0 Å². The van der Waals surface area contributed by atoms with Crippen molar-refractivity contribution in [2.75, 3.05) is 6.54 Å². The van der Waals surface area contributed by atoms with Crippen molar-refractivity contribution in [2.45, 2.75) is 52.0 Å². The molecule has 0 radical (unpaired) electrons. The molecule has 0 aliphatic carbocycles. The summed E-state index contributed by atoms with van der Waals surface area (Å²) in [6.07, 6.45) is 3.65. The van der Waals surface area contributed by atoms with E-state index in [9.17, 15) is 0 Å². The molecular weight excluding hydrogens is 194 g/mol. The van der Waals surface area contributed by atoms with Crippen LogP contribution in [0.2, 0.25) is 0 Å². The molecule has 0 amide bonds. The number of hydrogen-bond donors (Lipinski definition) is 1. The highest BCUT2D eigenvalue weighted by Crippen LogP contribution is 2.32. The standard InChI is InChI=1S/C15H23N/c1-4-6-15-14-9-12(5-2)7-8-13(14)11(3)10-16-15/h7-9,11,15-16H,4-6,10H2,1-3H3.